The molecule has 1 aliphatic rings. The smallest absolute Gasteiger partial charge is 0.270 e. The first-order chi connectivity index (χ1) is 13.3. The fourth-order valence-corrected chi connectivity index (χ4v) is 4.13. The second-order valence-corrected chi connectivity index (χ2v) is 8.61. The van der Waals surface area contributed by atoms with Gasteiger partial charge in [-0.15, -0.1) is 0 Å². The summed E-state index contributed by atoms with van der Waals surface area (Å²) in [6.45, 7) is 1.12. The summed E-state index contributed by atoms with van der Waals surface area (Å²) in [6, 6.07) is 12.9. The zero-order valence-corrected chi connectivity index (χ0v) is 16.1. The molecule has 2 aromatic carbocycles. The van der Waals surface area contributed by atoms with Crippen molar-refractivity contribution in [2.45, 2.75) is 23.8 Å². The Morgan fingerprint density at radius 3 is 2.54 bits per heavy atom. The van der Waals surface area contributed by atoms with Crippen LogP contribution in [0, 0.1) is 21.4 Å². The van der Waals surface area contributed by atoms with Gasteiger partial charge >= 0.3 is 0 Å². The summed E-state index contributed by atoms with van der Waals surface area (Å²) in [5.74, 6) is 0.629. The lowest BCUT2D eigenvalue weighted by atomic mass is 10.1. The number of nitrogens with zero attached hydrogens (tertiary/aromatic N) is 3. The van der Waals surface area contributed by atoms with Crippen LogP contribution in [0.2, 0.25) is 0 Å². The monoisotopic (exact) mass is 401 g/mol. The highest BCUT2D eigenvalue weighted by atomic mass is 32.2. The zero-order chi connectivity index (χ0) is 20.3. The van der Waals surface area contributed by atoms with Crippen molar-refractivity contribution >= 4 is 21.2 Å². The molecule has 0 aliphatic carbocycles. The SMILES string of the molecule is CS(=O)(=O)c1cc([N+](=O)[O-])ccc1N1CCC(Oc2cccc(C#N)c2)CC1. The third-order valence-corrected chi connectivity index (χ3v) is 5.73. The summed E-state index contributed by atoms with van der Waals surface area (Å²) >= 11 is 0. The predicted octanol–water partition coefficient (Wildman–Crippen LogP) is 2.92. The summed E-state index contributed by atoms with van der Waals surface area (Å²) in [7, 11) is -3.62. The number of piperidine rings is 1. The molecule has 9 heteroatoms. The molecule has 146 valence electrons. The lowest BCUT2D eigenvalue weighted by Gasteiger charge is -2.34. The van der Waals surface area contributed by atoms with E-state index in [2.05, 4.69) is 6.07 Å². The van der Waals surface area contributed by atoms with Crippen molar-refractivity contribution in [3.05, 3.63) is 58.1 Å². The molecule has 0 amide bonds. The summed E-state index contributed by atoms with van der Waals surface area (Å²) in [5, 5.41) is 20.0. The van der Waals surface area contributed by atoms with Crippen LogP contribution < -0.4 is 9.64 Å². The molecular weight excluding hydrogens is 382 g/mol. The van der Waals surface area contributed by atoms with Gasteiger partial charge in [-0.1, -0.05) is 6.07 Å². The first-order valence-electron chi connectivity index (χ1n) is 8.68. The van der Waals surface area contributed by atoms with Crippen LogP contribution in [0.4, 0.5) is 11.4 Å². The lowest BCUT2D eigenvalue weighted by molar-refractivity contribution is -0.385. The Kier molecular flexibility index (Phi) is 5.51. The highest BCUT2D eigenvalue weighted by molar-refractivity contribution is 7.90. The van der Waals surface area contributed by atoms with Gasteiger partial charge in [-0.05, 0) is 24.3 Å². The molecule has 0 unspecified atom stereocenters. The Labute approximate surface area is 163 Å². The summed E-state index contributed by atoms with van der Waals surface area (Å²) in [6.07, 6.45) is 2.33. The maximum Gasteiger partial charge on any atom is 0.270 e. The van der Waals surface area contributed by atoms with Crippen molar-refractivity contribution in [1.82, 2.24) is 0 Å². The number of nitriles is 1. The number of hydrogen-bond donors (Lipinski definition) is 0. The number of anilines is 1. The highest BCUT2D eigenvalue weighted by Gasteiger charge is 2.26. The van der Waals surface area contributed by atoms with Gasteiger partial charge in [0.2, 0.25) is 0 Å². The minimum Gasteiger partial charge on any atom is -0.490 e. The van der Waals surface area contributed by atoms with E-state index < -0.39 is 14.8 Å². The second-order valence-electron chi connectivity index (χ2n) is 6.63. The molecule has 2 aromatic rings. The fraction of sp³-hybridized carbons (Fsp3) is 0.316. The Hall–Kier alpha value is -3.12. The van der Waals surface area contributed by atoms with Crippen LogP contribution in [0.5, 0.6) is 5.75 Å². The summed E-state index contributed by atoms with van der Waals surface area (Å²) in [4.78, 5) is 12.3. The van der Waals surface area contributed by atoms with Crippen LogP contribution in [0.3, 0.4) is 0 Å². The number of sulfone groups is 1. The average molecular weight is 401 g/mol. The van der Waals surface area contributed by atoms with Gasteiger partial charge in [0, 0.05) is 44.3 Å². The van der Waals surface area contributed by atoms with E-state index in [9.17, 15) is 18.5 Å². The van der Waals surface area contributed by atoms with Crippen molar-refractivity contribution in [1.29, 1.82) is 5.26 Å². The van der Waals surface area contributed by atoms with E-state index in [1.54, 1.807) is 24.3 Å². The lowest BCUT2D eigenvalue weighted by Crippen LogP contribution is -2.38. The molecule has 28 heavy (non-hydrogen) atoms. The van der Waals surface area contributed by atoms with Gasteiger partial charge in [-0.2, -0.15) is 5.26 Å². The number of hydrogen-bond acceptors (Lipinski definition) is 7. The Morgan fingerprint density at radius 1 is 1.21 bits per heavy atom. The Bertz CT molecular complexity index is 1040. The quantitative estimate of drug-likeness (QED) is 0.559. The molecule has 3 rings (SSSR count). The van der Waals surface area contributed by atoms with Gasteiger partial charge in [0.05, 0.1) is 27.1 Å². The van der Waals surface area contributed by atoms with Gasteiger partial charge in [0.15, 0.2) is 9.84 Å². The van der Waals surface area contributed by atoms with Gasteiger partial charge < -0.3 is 9.64 Å². The van der Waals surface area contributed by atoms with E-state index in [4.69, 9.17) is 10.00 Å². The molecule has 1 fully saturated rings. The molecule has 1 heterocycles. The molecule has 0 N–H and O–H groups in total. The molecular formula is C19H19N3O5S. The van der Waals surface area contributed by atoms with E-state index in [0.717, 1.165) is 12.3 Å². The van der Waals surface area contributed by atoms with Crippen molar-refractivity contribution < 1.29 is 18.1 Å². The predicted molar refractivity (Wildman–Crippen MR) is 103 cm³/mol. The largest absolute Gasteiger partial charge is 0.490 e. The van der Waals surface area contributed by atoms with E-state index in [1.807, 2.05) is 4.90 Å². The molecule has 1 saturated heterocycles. The van der Waals surface area contributed by atoms with E-state index in [0.29, 0.717) is 42.9 Å². The van der Waals surface area contributed by atoms with E-state index in [-0.39, 0.29) is 16.7 Å². The molecule has 8 nitrogen and oxygen atoms in total. The number of rotatable bonds is 5. The first-order valence-corrected chi connectivity index (χ1v) is 10.6. The summed E-state index contributed by atoms with van der Waals surface area (Å²) < 4.78 is 30.2. The average Bonchev–Trinajstić information content (AvgIpc) is 2.67. The Morgan fingerprint density at radius 2 is 1.93 bits per heavy atom. The van der Waals surface area contributed by atoms with Crippen molar-refractivity contribution in [3.63, 3.8) is 0 Å². The molecule has 0 atom stereocenters. The van der Waals surface area contributed by atoms with Crippen molar-refractivity contribution in [2.75, 3.05) is 24.2 Å². The number of benzene rings is 2. The molecule has 0 spiro atoms. The van der Waals surface area contributed by atoms with E-state index in [1.165, 1.54) is 12.1 Å². The normalized spacial score (nSPS) is 15.1. The molecule has 1 aliphatic heterocycles. The zero-order valence-electron chi connectivity index (χ0n) is 15.2. The molecule has 0 bridgehead atoms. The Balaban J connectivity index is 1.74. The molecule has 0 aromatic heterocycles. The number of non-ortho nitro benzene ring substituents is 1. The van der Waals surface area contributed by atoms with Crippen LogP contribution in [-0.4, -0.2) is 38.8 Å². The van der Waals surface area contributed by atoms with Gasteiger partial charge in [0.25, 0.3) is 5.69 Å². The van der Waals surface area contributed by atoms with Crippen LogP contribution in [0.1, 0.15) is 18.4 Å². The van der Waals surface area contributed by atoms with Crippen LogP contribution in [0.15, 0.2) is 47.4 Å². The maximum absolute atomic E-state index is 12.1. The minimum absolute atomic E-state index is 0.0391. The van der Waals surface area contributed by atoms with E-state index >= 15 is 0 Å². The number of ether oxygens (including phenoxy) is 1. The molecule has 0 radical (unpaired) electrons. The van der Waals surface area contributed by atoms with Crippen LogP contribution in [-0.2, 0) is 9.84 Å². The molecule has 0 saturated carbocycles. The number of nitro groups is 1. The highest BCUT2D eigenvalue weighted by Crippen LogP contribution is 2.32. The van der Waals surface area contributed by atoms with Crippen molar-refractivity contribution in [3.8, 4) is 11.8 Å². The fourth-order valence-electron chi connectivity index (χ4n) is 3.22. The third kappa shape index (κ3) is 4.40. The van der Waals surface area contributed by atoms with Gasteiger partial charge in [0.1, 0.15) is 11.9 Å². The minimum atomic E-state index is -3.62. The summed E-state index contributed by atoms with van der Waals surface area (Å²) in [5.41, 5.74) is 0.747. The maximum atomic E-state index is 12.1. The standard InChI is InChI=1S/C19H19N3O5S/c1-28(25,26)19-12-15(22(23)24)5-6-18(19)21-9-7-16(8-10-21)27-17-4-2-3-14(11-17)13-20/h2-6,11-12,16H,7-10H2,1H3. The van der Waals surface area contributed by atoms with Crippen LogP contribution in [0.25, 0.3) is 0 Å². The van der Waals surface area contributed by atoms with Gasteiger partial charge in [-0.25, -0.2) is 8.42 Å². The van der Waals surface area contributed by atoms with Gasteiger partial charge in [-0.3, -0.25) is 10.1 Å². The topological polar surface area (TPSA) is 114 Å². The van der Waals surface area contributed by atoms with Crippen LogP contribution >= 0.6 is 0 Å². The first kappa shape index (κ1) is 19.6. The van der Waals surface area contributed by atoms with Crippen molar-refractivity contribution in [2.24, 2.45) is 0 Å². The third-order valence-electron chi connectivity index (χ3n) is 4.60. The number of nitro benzene ring substituents is 1. The second kappa shape index (κ2) is 7.86.